The van der Waals surface area contributed by atoms with Gasteiger partial charge >= 0.3 is 0 Å². The maximum absolute atomic E-state index is 12.4. The monoisotopic (exact) mass is 334 g/mol. The quantitative estimate of drug-likeness (QED) is 0.682. The molecule has 0 bridgehead atoms. The first-order valence-electron chi connectivity index (χ1n) is 8.60. The molecule has 0 heterocycles. The Hall–Kier alpha value is -1.88. The van der Waals surface area contributed by atoms with Crippen molar-refractivity contribution in [3.05, 3.63) is 35.4 Å². The largest absolute Gasteiger partial charge is 0.391 e. The number of hydrogen-bond donors (Lipinski definition) is 3. The highest BCUT2D eigenvalue weighted by Crippen LogP contribution is 2.10. The zero-order valence-corrected chi connectivity index (χ0v) is 15.3. The van der Waals surface area contributed by atoms with Gasteiger partial charge in [0.1, 0.15) is 6.04 Å². The molecule has 5 heteroatoms. The highest BCUT2D eigenvalue weighted by atomic mass is 16.3. The van der Waals surface area contributed by atoms with E-state index >= 15 is 0 Å². The zero-order chi connectivity index (χ0) is 18.3. The standard InChI is InChI=1S/C19H30N2O3/c1-6-13(4)16(22)11-20-19(24)17(12(2)3)21-18(23)15-10-8-7-9-14(15)5/h7-10,12-13,16-17,22H,6,11H2,1-5H3,(H,20,24)(H,21,23). The van der Waals surface area contributed by atoms with Crippen LogP contribution in [0.3, 0.4) is 0 Å². The lowest BCUT2D eigenvalue weighted by atomic mass is 10.00. The van der Waals surface area contributed by atoms with Crippen LogP contribution in [-0.4, -0.2) is 35.6 Å². The predicted octanol–water partition coefficient (Wildman–Crippen LogP) is 2.27. The van der Waals surface area contributed by atoms with Gasteiger partial charge in [-0.15, -0.1) is 0 Å². The van der Waals surface area contributed by atoms with E-state index in [2.05, 4.69) is 10.6 Å². The van der Waals surface area contributed by atoms with Crippen molar-refractivity contribution in [3.63, 3.8) is 0 Å². The fourth-order valence-electron chi connectivity index (χ4n) is 2.37. The molecule has 1 rings (SSSR count). The van der Waals surface area contributed by atoms with E-state index in [9.17, 15) is 14.7 Å². The number of hydrogen-bond acceptors (Lipinski definition) is 3. The van der Waals surface area contributed by atoms with Crippen LogP contribution < -0.4 is 10.6 Å². The van der Waals surface area contributed by atoms with Crippen LogP contribution in [0.1, 0.15) is 50.0 Å². The minimum atomic E-state index is -0.638. The van der Waals surface area contributed by atoms with Gasteiger partial charge in [0.25, 0.3) is 5.91 Å². The molecular weight excluding hydrogens is 304 g/mol. The van der Waals surface area contributed by atoms with E-state index in [0.717, 1.165) is 12.0 Å². The molecule has 0 saturated heterocycles. The molecule has 0 fully saturated rings. The van der Waals surface area contributed by atoms with Crippen LogP contribution in [0.4, 0.5) is 0 Å². The van der Waals surface area contributed by atoms with Gasteiger partial charge in [-0.05, 0) is 30.4 Å². The van der Waals surface area contributed by atoms with Crippen LogP contribution in [0.5, 0.6) is 0 Å². The van der Waals surface area contributed by atoms with E-state index in [1.165, 1.54) is 0 Å². The Morgan fingerprint density at radius 1 is 1.17 bits per heavy atom. The minimum Gasteiger partial charge on any atom is -0.391 e. The highest BCUT2D eigenvalue weighted by Gasteiger charge is 2.26. The summed E-state index contributed by atoms with van der Waals surface area (Å²) < 4.78 is 0. The maximum Gasteiger partial charge on any atom is 0.252 e. The van der Waals surface area contributed by atoms with E-state index in [4.69, 9.17) is 0 Å². The normalized spacial score (nSPS) is 14.8. The second-order valence-corrected chi connectivity index (χ2v) is 6.71. The zero-order valence-electron chi connectivity index (χ0n) is 15.3. The van der Waals surface area contributed by atoms with Crippen molar-refractivity contribution in [2.75, 3.05) is 6.54 Å². The van der Waals surface area contributed by atoms with Crippen molar-refractivity contribution < 1.29 is 14.7 Å². The second-order valence-electron chi connectivity index (χ2n) is 6.71. The summed E-state index contributed by atoms with van der Waals surface area (Å²) in [7, 11) is 0. The summed E-state index contributed by atoms with van der Waals surface area (Å²) in [5, 5.41) is 15.5. The SMILES string of the molecule is CCC(C)C(O)CNC(=O)C(NC(=O)c1ccccc1C)C(C)C. The number of aliphatic hydroxyl groups excluding tert-OH is 1. The Kier molecular flexibility index (Phi) is 7.92. The molecule has 0 aliphatic heterocycles. The van der Waals surface area contributed by atoms with E-state index in [-0.39, 0.29) is 30.2 Å². The summed E-state index contributed by atoms with van der Waals surface area (Å²) in [5.74, 6) is -0.471. The molecule has 3 unspecified atom stereocenters. The molecule has 3 N–H and O–H groups in total. The molecule has 0 aliphatic carbocycles. The third-order valence-electron chi connectivity index (χ3n) is 4.41. The van der Waals surface area contributed by atoms with Crippen molar-refractivity contribution in [3.8, 4) is 0 Å². The number of carbonyl (C=O) groups excluding carboxylic acids is 2. The van der Waals surface area contributed by atoms with Gasteiger partial charge in [0.05, 0.1) is 6.10 Å². The molecule has 0 aliphatic rings. The summed E-state index contributed by atoms with van der Waals surface area (Å²) in [6.45, 7) is 9.76. The van der Waals surface area contributed by atoms with Gasteiger partial charge in [0.15, 0.2) is 0 Å². The van der Waals surface area contributed by atoms with Crippen molar-refractivity contribution in [1.82, 2.24) is 10.6 Å². The van der Waals surface area contributed by atoms with Crippen LogP contribution in [-0.2, 0) is 4.79 Å². The first-order chi connectivity index (χ1) is 11.3. The number of rotatable bonds is 8. The number of carbonyl (C=O) groups is 2. The molecule has 0 saturated carbocycles. The molecule has 1 aromatic rings. The average Bonchev–Trinajstić information content (AvgIpc) is 2.56. The molecule has 1 aromatic carbocycles. The van der Waals surface area contributed by atoms with E-state index in [1.54, 1.807) is 12.1 Å². The Balaban J connectivity index is 2.71. The fraction of sp³-hybridized carbons (Fsp3) is 0.579. The van der Waals surface area contributed by atoms with Gasteiger partial charge in [0, 0.05) is 12.1 Å². The molecule has 134 valence electrons. The van der Waals surface area contributed by atoms with Crippen LogP contribution in [0, 0.1) is 18.8 Å². The maximum atomic E-state index is 12.4. The lowest BCUT2D eigenvalue weighted by molar-refractivity contribution is -0.124. The Labute approximate surface area is 144 Å². The van der Waals surface area contributed by atoms with Crippen molar-refractivity contribution in [2.45, 2.75) is 53.2 Å². The first kappa shape index (κ1) is 20.2. The molecular formula is C19H30N2O3. The third kappa shape index (κ3) is 5.64. The molecule has 3 atom stereocenters. The Morgan fingerprint density at radius 3 is 2.33 bits per heavy atom. The fourth-order valence-corrected chi connectivity index (χ4v) is 2.37. The Morgan fingerprint density at radius 2 is 1.79 bits per heavy atom. The molecule has 0 spiro atoms. The minimum absolute atomic E-state index is 0.0568. The van der Waals surface area contributed by atoms with Gasteiger partial charge in [-0.1, -0.05) is 52.3 Å². The number of benzene rings is 1. The van der Waals surface area contributed by atoms with Gasteiger partial charge < -0.3 is 15.7 Å². The smallest absolute Gasteiger partial charge is 0.252 e. The number of aliphatic hydroxyl groups is 1. The summed E-state index contributed by atoms with van der Waals surface area (Å²) in [5.41, 5.74) is 1.43. The van der Waals surface area contributed by atoms with Crippen molar-refractivity contribution >= 4 is 11.8 Å². The summed E-state index contributed by atoms with van der Waals surface area (Å²) in [6, 6.07) is 6.64. The average molecular weight is 334 g/mol. The van der Waals surface area contributed by atoms with Crippen LogP contribution in [0.2, 0.25) is 0 Å². The summed E-state index contributed by atoms with van der Waals surface area (Å²) in [6.07, 6.45) is 0.258. The van der Waals surface area contributed by atoms with E-state index < -0.39 is 12.1 Å². The van der Waals surface area contributed by atoms with E-state index in [0.29, 0.717) is 5.56 Å². The van der Waals surface area contributed by atoms with Crippen molar-refractivity contribution in [2.24, 2.45) is 11.8 Å². The van der Waals surface area contributed by atoms with Crippen molar-refractivity contribution in [1.29, 1.82) is 0 Å². The summed E-state index contributed by atoms with van der Waals surface area (Å²) >= 11 is 0. The van der Waals surface area contributed by atoms with Gasteiger partial charge in [0.2, 0.25) is 5.91 Å². The number of nitrogens with one attached hydrogen (secondary N) is 2. The van der Waals surface area contributed by atoms with Gasteiger partial charge in [-0.3, -0.25) is 9.59 Å². The molecule has 24 heavy (non-hydrogen) atoms. The second kappa shape index (κ2) is 9.42. The Bertz CT molecular complexity index is 557. The van der Waals surface area contributed by atoms with Crippen LogP contribution in [0.15, 0.2) is 24.3 Å². The topological polar surface area (TPSA) is 78.4 Å². The first-order valence-corrected chi connectivity index (χ1v) is 8.60. The van der Waals surface area contributed by atoms with Crippen LogP contribution in [0.25, 0.3) is 0 Å². The van der Waals surface area contributed by atoms with Gasteiger partial charge in [-0.2, -0.15) is 0 Å². The molecule has 0 aromatic heterocycles. The van der Waals surface area contributed by atoms with Gasteiger partial charge in [-0.25, -0.2) is 0 Å². The van der Waals surface area contributed by atoms with E-state index in [1.807, 2.05) is 46.8 Å². The summed E-state index contributed by atoms with van der Waals surface area (Å²) in [4.78, 5) is 24.9. The predicted molar refractivity (Wildman–Crippen MR) is 95.7 cm³/mol. The lowest BCUT2D eigenvalue weighted by Gasteiger charge is -2.24. The molecule has 2 amide bonds. The molecule has 5 nitrogen and oxygen atoms in total. The van der Waals surface area contributed by atoms with Crippen LogP contribution >= 0.6 is 0 Å². The third-order valence-corrected chi connectivity index (χ3v) is 4.41. The number of aryl methyl sites for hydroxylation is 1. The highest BCUT2D eigenvalue weighted by molar-refractivity contribution is 5.98. The molecule has 0 radical (unpaired) electrons. The lowest BCUT2D eigenvalue weighted by Crippen LogP contribution is -2.51. The number of amides is 2.